The maximum Gasteiger partial charge on any atom is 0.0610 e. The Morgan fingerprint density at radius 2 is 2.21 bits per heavy atom. The fourth-order valence-corrected chi connectivity index (χ4v) is 2.65. The van der Waals surface area contributed by atoms with Crippen LogP contribution in [0.15, 0.2) is 28.9 Å². The molecule has 74 valence electrons. The van der Waals surface area contributed by atoms with E-state index in [1.807, 2.05) is 6.07 Å². The van der Waals surface area contributed by atoms with Crippen LogP contribution in [0.2, 0.25) is 0 Å². The molecule has 0 aliphatic carbocycles. The van der Waals surface area contributed by atoms with Crippen LogP contribution in [-0.4, -0.2) is 16.3 Å². The first-order chi connectivity index (χ1) is 6.72. The van der Waals surface area contributed by atoms with Gasteiger partial charge in [-0.2, -0.15) is 0 Å². The van der Waals surface area contributed by atoms with Crippen molar-refractivity contribution in [3.63, 3.8) is 0 Å². The highest BCUT2D eigenvalue weighted by atomic mass is 127. The first-order valence-corrected chi connectivity index (χ1v) is 6.14. The van der Waals surface area contributed by atoms with Gasteiger partial charge in [-0.25, -0.2) is 0 Å². The van der Waals surface area contributed by atoms with Crippen molar-refractivity contribution in [3.8, 4) is 0 Å². The van der Waals surface area contributed by atoms with Crippen LogP contribution in [0.3, 0.4) is 0 Å². The first kappa shape index (κ1) is 10.4. The van der Waals surface area contributed by atoms with Crippen molar-refractivity contribution in [2.24, 2.45) is 0 Å². The maximum atomic E-state index is 8.92. The van der Waals surface area contributed by atoms with Crippen LogP contribution < -0.4 is 0 Å². The minimum atomic E-state index is 0.173. The fraction of sp³-hybridized carbons (Fsp3) is 0.200. The van der Waals surface area contributed by atoms with Crippen LogP contribution in [0.4, 0.5) is 0 Å². The van der Waals surface area contributed by atoms with Crippen LogP contribution >= 0.6 is 38.5 Å². The Morgan fingerprint density at radius 1 is 1.43 bits per heavy atom. The Hall–Kier alpha value is -0.0700. The predicted octanol–water partition coefficient (Wildman–Crippen LogP) is 3.00. The number of aromatic nitrogens is 1. The largest absolute Gasteiger partial charge is 0.395 e. The van der Waals surface area contributed by atoms with Gasteiger partial charge in [0.1, 0.15) is 0 Å². The van der Waals surface area contributed by atoms with Gasteiger partial charge in [0.15, 0.2) is 0 Å². The zero-order chi connectivity index (χ0) is 10.1. The van der Waals surface area contributed by atoms with Crippen molar-refractivity contribution >= 4 is 49.4 Å². The summed E-state index contributed by atoms with van der Waals surface area (Å²) in [5.41, 5.74) is 1.16. The van der Waals surface area contributed by atoms with Gasteiger partial charge in [-0.15, -0.1) is 0 Å². The molecule has 0 saturated carbocycles. The molecule has 0 saturated heterocycles. The van der Waals surface area contributed by atoms with Gasteiger partial charge in [-0.3, -0.25) is 0 Å². The highest BCUT2D eigenvalue weighted by Gasteiger charge is 2.05. The van der Waals surface area contributed by atoms with Crippen molar-refractivity contribution < 1.29 is 5.11 Å². The van der Waals surface area contributed by atoms with Crippen molar-refractivity contribution in [2.75, 3.05) is 6.61 Å². The summed E-state index contributed by atoms with van der Waals surface area (Å²) in [7, 11) is 0. The fourth-order valence-electron chi connectivity index (χ4n) is 1.51. The summed E-state index contributed by atoms with van der Waals surface area (Å²) in [6.45, 7) is 0.822. The molecule has 0 radical (unpaired) electrons. The van der Waals surface area contributed by atoms with E-state index in [4.69, 9.17) is 5.11 Å². The van der Waals surface area contributed by atoms with Gasteiger partial charge in [0.2, 0.25) is 0 Å². The summed E-state index contributed by atoms with van der Waals surface area (Å²) in [6.07, 6.45) is 2.06. The molecule has 2 nitrogen and oxygen atoms in total. The summed E-state index contributed by atoms with van der Waals surface area (Å²) in [5, 5.41) is 10.2. The molecular weight excluding hydrogens is 357 g/mol. The lowest BCUT2D eigenvalue weighted by Gasteiger charge is -2.01. The lowest BCUT2D eigenvalue weighted by Crippen LogP contribution is -1.99. The minimum Gasteiger partial charge on any atom is -0.395 e. The lowest BCUT2D eigenvalue weighted by molar-refractivity contribution is 0.278. The number of rotatable bonds is 2. The second kappa shape index (κ2) is 4.20. The van der Waals surface area contributed by atoms with Gasteiger partial charge >= 0.3 is 0 Å². The molecular formula is C10H9BrINO. The minimum absolute atomic E-state index is 0.173. The van der Waals surface area contributed by atoms with E-state index in [1.54, 1.807) is 0 Å². The molecule has 0 aliphatic heterocycles. The summed E-state index contributed by atoms with van der Waals surface area (Å²) < 4.78 is 4.36. The van der Waals surface area contributed by atoms with E-state index in [-0.39, 0.29) is 6.61 Å². The van der Waals surface area contributed by atoms with Crippen LogP contribution in [0.5, 0.6) is 0 Å². The van der Waals surface area contributed by atoms with Gasteiger partial charge in [-0.1, -0.05) is 22.0 Å². The summed E-state index contributed by atoms with van der Waals surface area (Å²) in [4.78, 5) is 0. The van der Waals surface area contributed by atoms with Crippen LogP contribution in [0.1, 0.15) is 0 Å². The Morgan fingerprint density at radius 3 is 2.93 bits per heavy atom. The average Bonchev–Trinajstić information content (AvgIpc) is 2.44. The first-order valence-electron chi connectivity index (χ1n) is 4.27. The number of fused-ring (bicyclic) bond motifs is 1. The molecule has 14 heavy (non-hydrogen) atoms. The molecule has 0 bridgehead atoms. The molecule has 2 rings (SSSR count). The molecule has 0 unspecified atom stereocenters. The third-order valence-electron chi connectivity index (χ3n) is 2.14. The van der Waals surface area contributed by atoms with Crippen molar-refractivity contribution in [1.82, 2.24) is 4.57 Å². The Balaban J connectivity index is 2.66. The quantitative estimate of drug-likeness (QED) is 0.813. The second-order valence-electron chi connectivity index (χ2n) is 3.06. The van der Waals surface area contributed by atoms with Crippen LogP contribution in [0, 0.1) is 3.57 Å². The number of aliphatic hydroxyl groups is 1. The van der Waals surface area contributed by atoms with E-state index in [9.17, 15) is 0 Å². The Kier molecular flexibility index (Phi) is 3.14. The highest BCUT2D eigenvalue weighted by molar-refractivity contribution is 14.1. The van der Waals surface area contributed by atoms with E-state index in [1.165, 1.54) is 8.96 Å². The normalized spacial score (nSPS) is 11.1. The number of aliphatic hydroxyl groups excluding tert-OH is 1. The molecule has 0 fully saturated rings. The number of hydrogen-bond donors (Lipinski definition) is 1. The number of hydrogen-bond acceptors (Lipinski definition) is 1. The summed E-state index contributed by atoms with van der Waals surface area (Å²) in [5.74, 6) is 0. The van der Waals surface area contributed by atoms with Crippen molar-refractivity contribution in [1.29, 1.82) is 0 Å². The number of nitrogens with zero attached hydrogens (tertiary/aromatic N) is 1. The highest BCUT2D eigenvalue weighted by Crippen LogP contribution is 2.25. The van der Waals surface area contributed by atoms with E-state index >= 15 is 0 Å². The Bertz CT molecular complexity index is 466. The third kappa shape index (κ3) is 1.83. The molecule has 0 aliphatic rings. The second-order valence-corrected chi connectivity index (χ2v) is 5.13. The summed E-state index contributed by atoms with van der Waals surface area (Å²) >= 11 is 5.76. The van der Waals surface area contributed by atoms with E-state index in [0.29, 0.717) is 6.54 Å². The molecule has 0 atom stereocenters. The predicted molar refractivity (Wildman–Crippen MR) is 69.4 cm³/mol. The molecule has 2 aromatic rings. The van der Waals surface area contributed by atoms with E-state index in [0.717, 1.165) is 9.99 Å². The summed E-state index contributed by atoms with van der Waals surface area (Å²) in [6, 6.07) is 6.20. The number of halogens is 2. The lowest BCUT2D eigenvalue weighted by atomic mass is 10.2. The van der Waals surface area contributed by atoms with E-state index in [2.05, 4.69) is 61.4 Å². The van der Waals surface area contributed by atoms with Gasteiger partial charge in [0.25, 0.3) is 0 Å². The monoisotopic (exact) mass is 365 g/mol. The molecule has 1 aromatic heterocycles. The topological polar surface area (TPSA) is 25.2 Å². The standard InChI is InChI=1S/C10H9BrINO/c11-7-1-2-8-9(12)6-13(3-4-14)10(8)5-7/h1-2,5-6,14H,3-4H2. The molecule has 0 spiro atoms. The van der Waals surface area contributed by atoms with E-state index < -0.39 is 0 Å². The third-order valence-corrected chi connectivity index (χ3v) is 3.49. The number of benzene rings is 1. The van der Waals surface area contributed by atoms with Crippen LogP contribution in [-0.2, 0) is 6.54 Å². The van der Waals surface area contributed by atoms with Crippen molar-refractivity contribution in [2.45, 2.75) is 6.54 Å². The van der Waals surface area contributed by atoms with Crippen LogP contribution in [0.25, 0.3) is 10.9 Å². The maximum absolute atomic E-state index is 8.92. The van der Waals surface area contributed by atoms with Gasteiger partial charge in [0.05, 0.1) is 12.1 Å². The molecule has 1 heterocycles. The molecule has 1 aromatic carbocycles. The molecule has 4 heteroatoms. The SMILES string of the molecule is OCCn1cc(I)c2ccc(Br)cc21. The van der Waals surface area contributed by atoms with Crippen molar-refractivity contribution in [3.05, 3.63) is 32.4 Å². The zero-order valence-electron chi connectivity index (χ0n) is 7.37. The average molecular weight is 366 g/mol. The zero-order valence-corrected chi connectivity index (χ0v) is 11.1. The Labute approximate surface area is 104 Å². The van der Waals surface area contributed by atoms with Gasteiger partial charge in [0, 0.05) is 26.2 Å². The molecule has 1 N–H and O–H groups in total. The van der Waals surface area contributed by atoms with Gasteiger partial charge < -0.3 is 9.67 Å². The smallest absolute Gasteiger partial charge is 0.0610 e. The van der Waals surface area contributed by atoms with Gasteiger partial charge in [-0.05, 0) is 34.7 Å². The molecule has 0 amide bonds.